The molecule has 1 atom stereocenters. The molecule has 0 saturated heterocycles. The highest BCUT2D eigenvalue weighted by molar-refractivity contribution is 5.71. The SMILES string of the molecule is CC/C=C\C/C=C\C/C=C\C/C=C\CCCCCCCCCCCCCCCCC(=O)OCC(COC(=O)CCCCCCC/C=C\CCCCCCCCC)OC(=O)CCCCCCCCCCCCCCCCCCCCC. The van der Waals surface area contributed by atoms with Crippen molar-refractivity contribution in [3.05, 3.63) is 60.8 Å². The molecule has 1 unspecified atom stereocenters. The Morgan fingerprint density at radius 2 is 0.487 bits per heavy atom. The van der Waals surface area contributed by atoms with Crippen LogP contribution < -0.4 is 0 Å². The maximum absolute atomic E-state index is 13.0. The first-order valence-electron chi connectivity index (χ1n) is 35.3. The van der Waals surface area contributed by atoms with Gasteiger partial charge in [-0.05, 0) is 83.5 Å². The van der Waals surface area contributed by atoms with E-state index in [-0.39, 0.29) is 31.1 Å². The van der Waals surface area contributed by atoms with E-state index in [1.165, 1.54) is 244 Å². The van der Waals surface area contributed by atoms with Crippen molar-refractivity contribution in [1.82, 2.24) is 0 Å². The number of allylic oxidation sites excluding steroid dienone is 10. The standard InChI is InChI=1S/C74H134O6/c1-4-7-10-13-16-19-22-25-28-31-33-34-35-36-37-38-39-40-42-43-46-49-52-55-58-61-64-67-73(76)79-70-71(69-78-72(75)66-63-60-57-54-51-48-45-30-27-24-21-18-15-12-9-6-3)80-74(77)68-65-62-59-56-53-50-47-44-41-32-29-26-23-20-17-14-11-8-5-2/h7,10,16,19,25,28,30,33-34,45,71H,4-6,8-9,11-15,17-18,20-24,26-27,29,31-32,35-44,46-70H2,1-3H3/b10-7-,19-16-,28-25-,34-33-,45-30-. The number of carbonyl (C=O) groups is 3. The van der Waals surface area contributed by atoms with E-state index in [1.807, 2.05) is 0 Å². The van der Waals surface area contributed by atoms with Crippen molar-refractivity contribution in [2.24, 2.45) is 0 Å². The van der Waals surface area contributed by atoms with Crippen LogP contribution in [0.25, 0.3) is 0 Å². The third-order valence-corrected chi connectivity index (χ3v) is 15.8. The molecule has 0 fully saturated rings. The monoisotopic (exact) mass is 1120 g/mol. The molecule has 0 radical (unpaired) electrons. The van der Waals surface area contributed by atoms with E-state index in [4.69, 9.17) is 14.2 Å². The Morgan fingerprint density at radius 1 is 0.263 bits per heavy atom. The Labute approximate surface area is 498 Å². The molecule has 0 aliphatic carbocycles. The van der Waals surface area contributed by atoms with Crippen LogP contribution in [0.5, 0.6) is 0 Å². The molecule has 6 nitrogen and oxygen atoms in total. The lowest BCUT2D eigenvalue weighted by molar-refractivity contribution is -0.167. The van der Waals surface area contributed by atoms with Gasteiger partial charge in [-0.25, -0.2) is 0 Å². The molecule has 80 heavy (non-hydrogen) atoms. The van der Waals surface area contributed by atoms with Gasteiger partial charge in [0.2, 0.25) is 0 Å². The van der Waals surface area contributed by atoms with Crippen molar-refractivity contribution in [3.8, 4) is 0 Å². The van der Waals surface area contributed by atoms with E-state index >= 15 is 0 Å². The molecule has 0 saturated carbocycles. The van der Waals surface area contributed by atoms with Crippen LogP contribution in [0.3, 0.4) is 0 Å². The maximum atomic E-state index is 13.0. The molecule has 0 bridgehead atoms. The summed E-state index contributed by atoms with van der Waals surface area (Å²) in [6.07, 6.45) is 88.1. The molecule has 0 spiro atoms. The molecule has 0 heterocycles. The van der Waals surface area contributed by atoms with Gasteiger partial charge in [-0.15, -0.1) is 0 Å². The predicted octanol–water partition coefficient (Wildman–Crippen LogP) is 24.3. The Balaban J connectivity index is 4.28. The van der Waals surface area contributed by atoms with E-state index in [0.717, 1.165) is 89.9 Å². The summed E-state index contributed by atoms with van der Waals surface area (Å²) in [6.45, 7) is 6.59. The van der Waals surface area contributed by atoms with E-state index in [9.17, 15) is 14.4 Å². The lowest BCUT2D eigenvalue weighted by Gasteiger charge is -2.18. The van der Waals surface area contributed by atoms with E-state index in [1.54, 1.807) is 0 Å². The molecule has 0 aromatic heterocycles. The van der Waals surface area contributed by atoms with E-state index in [2.05, 4.69) is 81.5 Å². The van der Waals surface area contributed by atoms with Crippen molar-refractivity contribution < 1.29 is 28.6 Å². The summed E-state index contributed by atoms with van der Waals surface area (Å²) in [6, 6.07) is 0. The topological polar surface area (TPSA) is 78.9 Å². The van der Waals surface area contributed by atoms with Crippen molar-refractivity contribution in [2.45, 2.75) is 380 Å². The van der Waals surface area contributed by atoms with Crippen molar-refractivity contribution in [3.63, 3.8) is 0 Å². The molecule has 0 aromatic rings. The fourth-order valence-corrected chi connectivity index (χ4v) is 10.5. The minimum atomic E-state index is -0.776. The number of hydrogen-bond acceptors (Lipinski definition) is 6. The number of esters is 3. The summed E-state index contributed by atoms with van der Waals surface area (Å²) in [7, 11) is 0. The Morgan fingerprint density at radius 3 is 0.775 bits per heavy atom. The van der Waals surface area contributed by atoms with Gasteiger partial charge in [-0.2, -0.15) is 0 Å². The molecule has 0 aliphatic rings. The Hall–Kier alpha value is -2.89. The minimum absolute atomic E-state index is 0.0722. The summed E-state index contributed by atoms with van der Waals surface area (Å²) < 4.78 is 17.0. The average molecular weight is 1120 g/mol. The van der Waals surface area contributed by atoms with Crippen LogP contribution in [-0.4, -0.2) is 37.2 Å². The highest BCUT2D eigenvalue weighted by atomic mass is 16.6. The summed E-state index contributed by atoms with van der Waals surface area (Å²) in [5.41, 5.74) is 0. The zero-order valence-corrected chi connectivity index (χ0v) is 53.6. The molecular formula is C74H134O6. The fraction of sp³-hybridized carbons (Fsp3) is 0.824. The number of ether oxygens (including phenoxy) is 3. The van der Waals surface area contributed by atoms with Gasteiger partial charge in [-0.1, -0.05) is 332 Å². The molecule has 0 rings (SSSR count). The second-order valence-corrected chi connectivity index (χ2v) is 23.8. The molecular weight excluding hydrogens is 985 g/mol. The van der Waals surface area contributed by atoms with Gasteiger partial charge in [0.25, 0.3) is 0 Å². The summed E-state index contributed by atoms with van der Waals surface area (Å²) in [4.78, 5) is 38.5. The highest BCUT2D eigenvalue weighted by Crippen LogP contribution is 2.18. The van der Waals surface area contributed by atoms with Crippen molar-refractivity contribution in [1.29, 1.82) is 0 Å². The number of rotatable bonds is 65. The molecule has 0 aromatic carbocycles. The van der Waals surface area contributed by atoms with Crippen LogP contribution in [0, 0.1) is 0 Å². The van der Waals surface area contributed by atoms with Crippen LogP contribution in [0.4, 0.5) is 0 Å². The van der Waals surface area contributed by atoms with Crippen LogP contribution in [0.15, 0.2) is 60.8 Å². The lowest BCUT2D eigenvalue weighted by Crippen LogP contribution is -2.30. The Kier molecular flexibility index (Phi) is 66.1. The largest absolute Gasteiger partial charge is 0.462 e. The minimum Gasteiger partial charge on any atom is -0.462 e. The third kappa shape index (κ3) is 65.9. The molecule has 6 heteroatoms. The molecule has 0 amide bonds. The van der Waals surface area contributed by atoms with Gasteiger partial charge in [0.05, 0.1) is 0 Å². The molecule has 466 valence electrons. The lowest BCUT2D eigenvalue weighted by atomic mass is 10.0. The Bertz CT molecular complexity index is 1430. The van der Waals surface area contributed by atoms with Crippen LogP contribution >= 0.6 is 0 Å². The smallest absolute Gasteiger partial charge is 0.306 e. The second-order valence-electron chi connectivity index (χ2n) is 23.8. The first-order chi connectivity index (χ1) is 39.5. The van der Waals surface area contributed by atoms with Gasteiger partial charge in [0.15, 0.2) is 6.10 Å². The number of unbranched alkanes of at least 4 members (excludes halogenated alkanes) is 44. The van der Waals surface area contributed by atoms with Crippen LogP contribution in [0.1, 0.15) is 374 Å². The van der Waals surface area contributed by atoms with Gasteiger partial charge in [0, 0.05) is 19.3 Å². The first-order valence-corrected chi connectivity index (χ1v) is 35.3. The van der Waals surface area contributed by atoms with Gasteiger partial charge in [-0.3, -0.25) is 14.4 Å². The fourth-order valence-electron chi connectivity index (χ4n) is 10.5. The van der Waals surface area contributed by atoms with Crippen LogP contribution in [-0.2, 0) is 28.6 Å². The van der Waals surface area contributed by atoms with Crippen molar-refractivity contribution in [2.75, 3.05) is 13.2 Å². The van der Waals surface area contributed by atoms with Gasteiger partial charge in [0.1, 0.15) is 13.2 Å². The molecule has 0 aliphatic heterocycles. The first kappa shape index (κ1) is 77.1. The number of hydrogen-bond donors (Lipinski definition) is 0. The van der Waals surface area contributed by atoms with Crippen LogP contribution in [0.2, 0.25) is 0 Å². The quantitative estimate of drug-likeness (QED) is 0.0261. The predicted molar refractivity (Wildman–Crippen MR) is 348 cm³/mol. The second kappa shape index (κ2) is 68.6. The third-order valence-electron chi connectivity index (χ3n) is 15.8. The highest BCUT2D eigenvalue weighted by Gasteiger charge is 2.19. The summed E-state index contributed by atoms with van der Waals surface area (Å²) in [5, 5.41) is 0. The van der Waals surface area contributed by atoms with Crippen molar-refractivity contribution >= 4 is 17.9 Å². The molecule has 0 N–H and O–H groups in total. The van der Waals surface area contributed by atoms with E-state index < -0.39 is 6.10 Å². The normalized spacial score (nSPS) is 12.4. The maximum Gasteiger partial charge on any atom is 0.306 e. The van der Waals surface area contributed by atoms with Gasteiger partial charge < -0.3 is 14.2 Å². The number of carbonyl (C=O) groups excluding carboxylic acids is 3. The zero-order valence-electron chi connectivity index (χ0n) is 53.6. The van der Waals surface area contributed by atoms with E-state index in [0.29, 0.717) is 19.3 Å². The summed E-state index contributed by atoms with van der Waals surface area (Å²) in [5.74, 6) is -0.855. The van der Waals surface area contributed by atoms with Gasteiger partial charge >= 0.3 is 17.9 Å². The summed E-state index contributed by atoms with van der Waals surface area (Å²) >= 11 is 0. The average Bonchev–Trinajstić information content (AvgIpc) is 3.46. The zero-order chi connectivity index (χ0) is 57.8.